The zero-order chi connectivity index (χ0) is 7.73. The summed E-state index contributed by atoms with van der Waals surface area (Å²) in [5.41, 5.74) is -0.448. The second kappa shape index (κ2) is 2.76. The lowest BCUT2D eigenvalue weighted by atomic mass is 9.71. The predicted molar refractivity (Wildman–Crippen MR) is 42.3 cm³/mol. The highest BCUT2D eigenvalue weighted by atomic mass is 16.5. The summed E-state index contributed by atoms with van der Waals surface area (Å²) in [5, 5.41) is 10.1. The van der Waals surface area contributed by atoms with Gasteiger partial charge in [-0.3, -0.25) is 0 Å². The van der Waals surface area contributed by atoms with Gasteiger partial charge in [0, 0.05) is 6.61 Å². The van der Waals surface area contributed by atoms with Crippen molar-refractivity contribution in [2.75, 3.05) is 13.2 Å². The van der Waals surface area contributed by atoms with Crippen LogP contribution < -0.4 is 0 Å². The molecule has 0 spiro atoms. The normalized spacial score (nSPS) is 40.1. The molecule has 0 radical (unpaired) electrons. The fourth-order valence-corrected chi connectivity index (χ4v) is 2.07. The molecule has 0 bridgehead atoms. The lowest BCUT2D eigenvalue weighted by Gasteiger charge is -2.43. The van der Waals surface area contributed by atoms with Gasteiger partial charge in [-0.25, -0.2) is 0 Å². The van der Waals surface area contributed by atoms with E-state index >= 15 is 0 Å². The third-order valence-corrected chi connectivity index (χ3v) is 3.12. The van der Waals surface area contributed by atoms with Crippen LogP contribution in [0.4, 0.5) is 0 Å². The molecule has 1 aliphatic heterocycles. The zero-order valence-corrected chi connectivity index (χ0v) is 6.88. The van der Waals surface area contributed by atoms with E-state index in [2.05, 4.69) is 0 Å². The molecular weight excluding hydrogens is 140 g/mol. The van der Waals surface area contributed by atoms with E-state index in [1.807, 2.05) is 0 Å². The summed E-state index contributed by atoms with van der Waals surface area (Å²) >= 11 is 0. The van der Waals surface area contributed by atoms with Crippen molar-refractivity contribution in [3.63, 3.8) is 0 Å². The molecule has 0 aromatic heterocycles. The van der Waals surface area contributed by atoms with E-state index < -0.39 is 5.60 Å². The van der Waals surface area contributed by atoms with Gasteiger partial charge in [0.05, 0.1) is 12.2 Å². The minimum atomic E-state index is -0.448. The average Bonchev–Trinajstić information content (AvgIpc) is 1.83. The number of hydrogen-bond donors (Lipinski definition) is 1. The van der Waals surface area contributed by atoms with Gasteiger partial charge in [0.15, 0.2) is 0 Å². The molecule has 1 unspecified atom stereocenters. The van der Waals surface area contributed by atoms with Gasteiger partial charge in [-0.2, -0.15) is 0 Å². The molecule has 1 N–H and O–H groups in total. The van der Waals surface area contributed by atoms with Crippen molar-refractivity contribution in [3.05, 3.63) is 0 Å². The molecule has 0 amide bonds. The van der Waals surface area contributed by atoms with E-state index in [9.17, 15) is 5.11 Å². The van der Waals surface area contributed by atoms with Crippen molar-refractivity contribution in [2.45, 2.75) is 37.7 Å². The molecule has 64 valence electrons. The number of rotatable bonds is 1. The molecule has 2 aliphatic rings. The van der Waals surface area contributed by atoms with E-state index in [0.29, 0.717) is 12.5 Å². The summed E-state index contributed by atoms with van der Waals surface area (Å²) < 4.78 is 5.29. The summed E-state index contributed by atoms with van der Waals surface area (Å²) in [6, 6.07) is 0. The first-order valence-corrected chi connectivity index (χ1v) is 4.61. The fraction of sp³-hybridized carbons (Fsp3) is 1.00. The van der Waals surface area contributed by atoms with Gasteiger partial charge in [0.25, 0.3) is 0 Å². The van der Waals surface area contributed by atoms with Crippen molar-refractivity contribution >= 4 is 0 Å². The molecule has 0 aromatic carbocycles. The third-order valence-electron chi connectivity index (χ3n) is 3.12. The summed E-state index contributed by atoms with van der Waals surface area (Å²) in [5.74, 6) is 0.544. The zero-order valence-electron chi connectivity index (χ0n) is 6.88. The number of ether oxygens (including phenoxy) is 1. The van der Waals surface area contributed by atoms with Crippen LogP contribution in [0.15, 0.2) is 0 Å². The van der Waals surface area contributed by atoms with Crippen molar-refractivity contribution in [2.24, 2.45) is 5.92 Å². The summed E-state index contributed by atoms with van der Waals surface area (Å²) in [4.78, 5) is 0. The lowest BCUT2D eigenvalue weighted by Crippen LogP contribution is -2.48. The van der Waals surface area contributed by atoms with E-state index in [1.165, 1.54) is 19.3 Å². The second-order valence-electron chi connectivity index (χ2n) is 3.89. The van der Waals surface area contributed by atoms with Gasteiger partial charge in [0.2, 0.25) is 0 Å². The Morgan fingerprint density at radius 2 is 2.09 bits per heavy atom. The van der Waals surface area contributed by atoms with Gasteiger partial charge in [-0.05, 0) is 31.6 Å². The van der Waals surface area contributed by atoms with Gasteiger partial charge >= 0.3 is 0 Å². The smallest absolute Gasteiger partial charge is 0.0908 e. The maximum atomic E-state index is 10.1. The molecule has 2 rings (SSSR count). The quantitative estimate of drug-likeness (QED) is 0.620. The Labute approximate surface area is 67.6 Å². The largest absolute Gasteiger partial charge is 0.387 e. The summed E-state index contributed by atoms with van der Waals surface area (Å²) in [6.07, 6.45) is 5.71. The highest BCUT2D eigenvalue weighted by Crippen LogP contribution is 2.40. The fourth-order valence-electron chi connectivity index (χ4n) is 2.07. The van der Waals surface area contributed by atoms with Crippen LogP contribution in [0.3, 0.4) is 0 Å². The van der Waals surface area contributed by atoms with Gasteiger partial charge in [-0.15, -0.1) is 0 Å². The molecule has 1 saturated heterocycles. The first kappa shape index (κ1) is 7.56. The molecule has 1 aliphatic carbocycles. The Kier molecular flexibility index (Phi) is 1.90. The number of aliphatic hydroxyl groups is 1. The predicted octanol–water partition coefficient (Wildman–Crippen LogP) is 1.33. The Hall–Kier alpha value is -0.0800. The van der Waals surface area contributed by atoms with Gasteiger partial charge in [0.1, 0.15) is 0 Å². The molecule has 2 fully saturated rings. The summed E-state index contributed by atoms with van der Waals surface area (Å²) in [6.45, 7) is 1.42. The monoisotopic (exact) mass is 156 g/mol. The van der Waals surface area contributed by atoms with Crippen LogP contribution in [0.1, 0.15) is 32.1 Å². The van der Waals surface area contributed by atoms with Crippen molar-refractivity contribution in [1.82, 2.24) is 0 Å². The minimum absolute atomic E-state index is 0.448. The Bertz CT molecular complexity index is 134. The maximum absolute atomic E-state index is 10.1. The molecule has 0 aromatic rings. The molecule has 1 atom stereocenters. The Morgan fingerprint density at radius 1 is 1.27 bits per heavy atom. The molecule has 2 heteroatoms. The van der Waals surface area contributed by atoms with Gasteiger partial charge in [-0.1, -0.05) is 6.42 Å². The van der Waals surface area contributed by atoms with Crippen molar-refractivity contribution in [3.8, 4) is 0 Å². The Morgan fingerprint density at radius 3 is 2.55 bits per heavy atom. The van der Waals surface area contributed by atoms with Crippen LogP contribution in [0, 0.1) is 5.92 Å². The third kappa shape index (κ3) is 1.30. The SMILES string of the molecule is OC1(C2CCC2)CCCOC1. The molecule has 1 saturated carbocycles. The van der Waals surface area contributed by atoms with E-state index in [1.54, 1.807) is 0 Å². The van der Waals surface area contributed by atoms with Crippen molar-refractivity contribution < 1.29 is 9.84 Å². The standard InChI is InChI=1S/C9H16O2/c10-9(8-3-1-4-8)5-2-6-11-7-9/h8,10H,1-7H2. The van der Waals surface area contributed by atoms with Crippen LogP contribution in [0.25, 0.3) is 0 Å². The molecule has 11 heavy (non-hydrogen) atoms. The van der Waals surface area contributed by atoms with E-state index in [-0.39, 0.29) is 0 Å². The van der Waals surface area contributed by atoms with E-state index in [0.717, 1.165) is 19.4 Å². The molecule has 2 nitrogen and oxygen atoms in total. The Balaban J connectivity index is 1.94. The molecule has 1 heterocycles. The second-order valence-corrected chi connectivity index (χ2v) is 3.89. The minimum Gasteiger partial charge on any atom is -0.387 e. The van der Waals surface area contributed by atoms with E-state index in [4.69, 9.17) is 4.74 Å². The first-order valence-electron chi connectivity index (χ1n) is 4.61. The van der Waals surface area contributed by atoms with Gasteiger partial charge < -0.3 is 9.84 Å². The molecular formula is C9H16O2. The van der Waals surface area contributed by atoms with Crippen LogP contribution in [0.5, 0.6) is 0 Å². The number of hydrogen-bond acceptors (Lipinski definition) is 2. The van der Waals surface area contributed by atoms with Crippen LogP contribution in [-0.4, -0.2) is 23.9 Å². The average molecular weight is 156 g/mol. The highest BCUT2D eigenvalue weighted by molar-refractivity contribution is 4.92. The first-order chi connectivity index (χ1) is 5.31. The maximum Gasteiger partial charge on any atom is 0.0908 e. The van der Waals surface area contributed by atoms with Crippen LogP contribution >= 0.6 is 0 Å². The van der Waals surface area contributed by atoms with Crippen molar-refractivity contribution in [1.29, 1.82) is 0 Å². The summed E-state index contributed by atoms with van der Waals surface area (Å²) in [7, 11) is 0. The highest BCUT2D eigenvalue weighted by Gasteiger charge is 2.41. The van der Waals surface area contributed by atoms with Crippen LogP contribution in [0.2, 0.25) is 0 Å². The lowest BCUT2D eigenvalue weighted by molar-refractivity contribution is -0.137. The topological polar surface area (TPSA) is 29.5 Å². The van der Waals surface area contributed by atoms with Crippen LogP contribution in [-0.2, 0) is 4.74 Å².